The summed E-state index contributed by atoms with van der Waals surface area (Å²) in [6.07, 6.45) is 3.08. The van der Waals surface area contributed by atoms with Crippen LogP contribution >= 0.6 is 0 Å². The molecule has 0 saturated carbocycles. The summed E-state index contributed by atoms with van der Waals surface area (Å²) in [6.45, 7) is 0.194. The summed E-state index contributed by atoms with van der Waals surface area (Å²) in [5, 5.41) is 0. The first-order valence-electron chi connectivity index (χ1n) is 7.86. The van der Waals surface area contributed by atoms with Gasteiger partial charge in [-0.05, 0) is 60.2 Å². The lowest BCUT2D eigenvalue weighted by atomic mass is 10.1. The highest BCUT2D eigenvalue weighted by Gasteiger charge is 2.18. The number of rotatable bonds is 6. The molecule has 0 fully saturated rings. The largest absolute Gasteiger partial charge is 0.493 e. The number of aryl methyl sites for hydroxylation is 2. The van der Waals surface area contributed by atoms with E-state index in [1.807, 2.05) is 12.1 Å². The van der Waals surface area contributed by atoms with Crippen molar-refractivity contribution in [2.75, 3.05) is 14.2 Å². The lowest BCUT2D eigenvalue weighted by molar-refractivity contribution is 0.354. The van der Waals surface area contributed by atoms with Gasteiger partial charge in [-0.3, -0.25) is 0 Å². The van der Waals surface area contributed by atoms with Crippen molar-refractivity contribution in [3.8, 4) is 11.5 Å². The molecule has 24 heavy (non-hydrogen) atoms. The number of methoxy groups -OCH3 is 2. The first-order chi connectivity index (χ1) is 11.5. The molecular weight excluding hydrogens is 326 g/mol. The van der Waals surface area contributed by atoms with E-state index in [2.05, 4.69) is 4.72 Å². The molecule has 0 atom stereocenters. The van der Waals surface area contributed by atoms with Crippen LogP contribution in [0.15, 0.2) is 41.3 Å². The SMILES string of the molecule is COc1ccc(CNS(=O)(=O)c2ccc3c(c2)CCC3)cc1OC. The van der Waals surface area contributed by atoms with Crippen LogP contribution in [0.4, 0.5) is 0 Å². The third-order valence-electron chi connectivity index (χ3n) is 4.29. The molecule has 2 aromatic carbocycles. The van der Waals surface area contributed by atoms with Gasteiger partial charge in [0.1, 0.15) is 0 Å². The molecule has 0 spiro atoms. The fourth-order valence-corrected chi connectivity index (χ4v) is 4.04. The summed E-state index contributed by atoms with van der Waals surface area (Å²) >= 11 is 0. The Morgan fingerprint density at radius 1 is 0.958 bits per heavy atom. The molecule has 0 aromatic heterocycles. The van der Waals surface area contributed by atoms with E-state index in [9.17, 15) is 8.42 Å². The number of fused-ring (bicyclic) bond motifs is 1. The van der Waals surface area contributed by atoms with Crippen LogP contribution < -0.4 is 14.2 Å². The average molecular weight is 347 g/mol. The van der Waals surface area contributed by atoms with Gasteiger partial charge in [0.25, 0.3) is 0 Å². The molecule has 0 heterocycles. The summed E-state index contributed by atoms with van der Waals surface area (Å²) in [6, 6.07) is 10.7. The number of benzene rings is 2. The topological polar surface area (TPSA) is 64.6 Å². The van der Waals surface area contributed by atoms with E-state index in [1.165, 1.54) is 5.56 Å². The van der Waals surface area contributed by atoms with E-state index in [0.29, 0.717) is 16.4 Å². The van der Waals surface area contributed by atoms with Crippen LogP contribution in [0.25, 0.3) is 0 Å². The van der Waals surface area contributed by atoms with Crippen LogP contribution in [0.5, 0.6) is 11.5 Å². The molecule has 0 radical (unpaired) electrons. The first kappa shape index (κ1) is 16.8. The zero-order valence-corrected chi connectivity index (χ0v) is 14.7. The van der Waals surface area contributed by atoms with Gasteiger partial charge in [0.15, 0.2) is 11.5 Å². The van der Waals surface area contributed by atoms with E-state index in [-0.39, 0.29) is 6.54 Å². The van der Waals surface area contributed by atoms with E-state index in [0.717, 1.165) is 30.4 Å². The zero-order chi connectivity index (χ0) is 17.2. The maximum Gasteiger partial charge on any atom is 0.240 e. The van der Waals surface area contributed by atoms with Crippen molar-refractivity contribution in [2.45, 2.75) is 30.7 Å². The fourth-order valence-electron chi connectivity index (χ4n) is 2.97. The number of hydrogen-bond acceptors (Lipinski definition) is 4. The standard InChI is InChI=1S/C18H21NO4S/c1-22-17-9-6-13(10-18(17)23-2)12-19-24(20,21)16-8-7-14-4-3-5-15(14)11-16/h6-11,19H,3-5,12H2,1-2H3. The summed E-state index contributed by atoms with van der Waals surface area (Å²) in [7, 11) is -0.422. The molecule has 0 saturated heterocycles. The van der Waals surface area contributed by atoms with Gasteiger partial charge in [0.2, 0.25) is 10.0 Å². The smallest absolute Gasteiger partial charge is 0.240 e. The van der Waals surface area contributed by atoms with Crippen molar-refractivity contribution in [3.63, 3.8) is 0 Å². The molecule has 128 valence electrons. The van der Waals surface area contributed by atoms with Gasteiger partial charge in [-0.2, -0.15) is 0 Å². The minimum atomic E-state index is -3.54. The van der Waals surface area contributed by atoms with Gasteiger partial charge in [0, 0.05) is 6.54 Å². The van der Waals surface area contributed by atoms with Gasteiger partial charge in [-0.25, -0.2) is 13.1 Å². The molecule has 0 aliphatic heterocycles. The lowest BCUT2D eigenvalue weighted by Crippen LogP contribution is -2.23. The third kappa shape index (κ3) is 3.39. The Morgan fingerprint density at radius 3 is 2.46 bits per heavy atom. The van der Waals surface area contributed by atoms with Crippen LogP contribution in [-0.4, -0.2) is 22.6 Å². The Kier molecular flexibility index (Phi) is 4.78. The van der Waals surface area contributed by atoms with Crippen molar-refractivity contribution in [1.29, 1.82) is 0 Å². The predicted octanol–water partition coefficient (Wildman–Crippen LogP) is 2.67. The average Bonchev–Trinajstić information content (AvgIpc) is 3.07. The Bertz CT molecular complexity index is 846. The molecular formula is C18H21NO4S. The van der Waals surface area contributed by atoms with Crippen LogP contribution in [0.3, 0.4) is 0 Å². The summed E-state index contributed by atoms with van der Waals surface area (Å²) in [5.41, 5.74) is 3.20. The van der Waals surface area contributed by atoms with Gasteiger partial charge in [0.05, 0.1) is 19.1 Å². The lowest BCUT2D eigenvalue weighted by Gasteiger charge is -2.11. The van der Waals surface area contributed by atoms with Gasteiger partial charge in [-0.1, -0.05) is 12.1 Å². The minimum absolute atomic E-state index is 0.194. The Labute approximate surface area is 142 Å². The maximum atomic E-state index is 12.5. The maximum absolute atomic E-state index is 12.5. The number of nitrogens with one attached hydrogen (secondary N) is 1. The van der Waals surface area contributed by atoms with Crippen LogP contribution in [0.2, 0.25) is 0 Å². The molecule has 0 bridgehead atoms. The Morgan fingerprint density at radius 2 is 1.71 bits per heavy atom. The molecule has 1 N–H and O–H groups in total. The summed E-state index contributed by atoms with van der Waals surface area (Å²) in [5.74, 6) is 1.19. The highest BCUT2D eigenvalue weighted by molar-refractivity contribution is 7.89. The Hall–Kier alpha value is -2.05. The van der Waals surface area contributed by atoms with Crippen LogP contribution in [0.1, 0.15) is 23.1 Å². The van der Waals surface area contributed by atoms with E-state index in [1.54, 1.807) is 38.5 Å². The molecule has 2 aromatic rings. The van der Waals surface area contributed by atoms with Gasteiger partial charge < -0.3 is 9.47 Å². The monoisotopic (exact) mass is 347 g/mol. The van der Waals surface area contributed by atoms with Gasteiger partial charge >= 0.3 is 0 Å². The molecule has 6 heteroatoms. The first-order valence-corrected chi connectivity index (χ1v) is 9.34. The summed E-state index contributed by atoms with van der Waals surface area (Å²) < 4.78 is 38.1. The van der Waals surface area contributed by atoms with Crippen molar-refractivity contribution in [3.05, 3.63) is 53.1 Å². The predicted molar refractivity (Wildman–Crippen MR) is 92.0 cm³/mol. The van der Waals surface area contributed by atoms with Crippen molar-refractivity contribution >= 4 is 10.0 Å². The van der Waals surface area contributed by atoms with Crippen LogP contribution in [-0.2, 0) is 29.4 Å². The minimum Gasteiger partial charge on any atom is -0.493 e. The molecule has 3 rings (SSSR count). The number of ether oxygens (including phenoxy) is 2. The van der Waals surface area contributed by atoms with Crippen molar-refractivity contribution in [1.82, 2.24) is 4.72 Å². The van der Waals surface area contributed by atoms with Crippen molar-refractivity contribution in [2.24, 2.45) is 0 Å². The normalized spacial score (nSPS) is 13.6. The summed E-state index contributed by atoms with van der Waals surface area (Å²) in [4.78, 5) is 0.323. The second-order valence-corrected chi connectivity index (χ2v) is 7.56. The second kappa shape index (κ2) is 6.83. The molecule has 1 aliphatic carbocycles. The quantitative estimate of drug-likeness (QED) is 0.872. The number of sulfonamides is 1. The highest BCUT2D eigenvalue weighted by Crippen LogP contribution is 2.28. The highest BCUT2D eigenvalue weighted by atomic mass is 32.2. The second-order valence-electron chi connectivity index (χ2n) is 5.80. The zero-order valence-electron chi connectivity index (χ0n) is 13.8. The molecule has 1 aliphatic rings. The van der Waals surface area contributed by atoms with E-state index in [4.69, 9.17) is 9.47 Å². The van der Waals surface area contributed by atoms with Gasteiger partial charge in [-0.15, -0.1) is 0 Å². The molecule has 0 unspecified atom stereocenters. The third-order valence-corrected chi connectivity index (χ3v) is 5.69. The van der Waals surface area contributed by atoms with E-state index >= 15 is 0 Å². The molecule has 0 amide bonds. The van der Waals surface area contributed by atoms with E-state index < -0.39 is 10.0 Å². The van der Waals surface area contributed by atoms with Crippen LogP contribution in [0, 0.1) is 0 Å². The Balaban J connectivity index is 1.76. The fraction of sp³-hybridized carbons (Fsp3) is 0.333. The molecule has 5 nitrogen and oxygen atoms in total. The number of hydrogen-bond donors (Lipinski definition) is 1. The van der Waals surface area contributed by atoms with Crippen molar-refractivity contribution < 1.29 is 17.9 Å².